The van der Waals surface area contributed by atoms with Gasteiger partial charge in [0.25, 0.3) is 0 Å². The molecule has 1 aromatic rings. The van der Waals surface area contributed by atoms with Crippen molar-refractivity contribution in [1.82, 2.24) is 15.6 Å². The van der Waals surface area contributed by atoms with Gasteiger partial charge >= 0.3 is 6.03 Å². The lowest BCUT2D eigenvalue weighted by Crippen LogP contribution is -2.38. The SMILES string of the molecule is CC(C)CNC(=O)NCCc1nc(C(C)(C)C)cs1. The van der Waals surface area contributed by atoms with E-state index in [0.29, 0.717) is 19.0 Å². The van der Waals surface area contributed by atoms with Crippen LogP contribution in [0.4, 0.5) is 4.79 Å². The van der Waals surface area contributed by atoms with Crippen LogP contribution >= 0.6 is 11.3 Å². The standard InChI is InChI=1S/C14H25N3OS/c1-10(2)8-16-13(18)15-7-6-12-17-11(9-19-12)14(3,4)5/h9-10H,6-8H2,1-5H3,(H2,15,16,18). The Labute approximate surface area is 120 Å². The summed E-state index contributed by atoms with van der Waals surface area (Å²) in [6.45, 7) is 11.9. The third-order valence-electron chi connectivity index (χ3n) is 2.62. The summed E-state index contributed by atoms with van der Waals surface area (Å²) in [5.74, 6) is 0.471. The van der Waals surface area contributed by atoms with Crippen molar-refractivity contribution < 1.29 is 4.79 Å². The van der Waals surface area contributed by atoms with E-state index >= 15 is 0 Å². The first-order valence-corrected chi connectivity index (χ1v) is 7.63. The van der Waals surface area contributed by atoms with Crippen molar-refractivity contribution in [3.63, 3.8) is 0 Å². The molecule has 2 N–H and O–H groups in total. The van der Waals surface area contributed by atoms with Gasteiger partial charge in [0.1, 0.15) is 0 Å². The van der Waals surface area contributed by atoms with Crippen molar-refractivity contribution in [2.75, 3.05) is 13.1 Å². The number of thiazole rings is 1. The summed E-state index contributed by atoms with van der Waals surface area (Å²) in [4.78, 5) is 16.1. The molecular formula is C14H25N3OS. The number of urea groups is 1. The van der Waals surface area contributed by atoms with E-state index in [1.807, 2.05) is 0 Å². The topological polar surface area (TPSA) is 54.0 Å². The summed E-state index contributed by atoms with van der Waals surface area (Å²) in [5, 5.41) is 8.87. The molecule has 0 aromatic carbocycles. The van der Waals surface area contributed by atoms with Gasteiger partial charge in [0.2, 0.25) is 0 Å². The van der Waals surface area contributed by atoms with Crippen molar-refractivity contribution >= 4 is 17.4 Å². The number of hydrogen-bond donors (Lipinski definition) is 2. The summed E-state index contributed by atoms with van der Waals surface area (Å²) >= 11 is 1.66. The lowest BCUT2D eigenvalue weighted by Gasteiger charge is -2.14. The molecule has 1 rings (SSSR count). The molecule has 1 aromatic heterocycles. The molecule has 5 heteroatoms. The monoisotopic (exact) mass is 283 g/mol. The minimum absolute atomic E-state index is 0.0941. The van der Waals surface area contributed by atoms with Gasteiger partial charge in [-0.1, -0.05) is 34.6 Å². The Balaban J connectivity index is 2.30. The van der Waals surface area contributed by atoms with E-state index < -0.39 is 0 Å². The molecule has 1 heterocycles. The Hall–Kier alpha value is -1.10. The molecule has 108 valence electrons. The summed E-state index contributed by atoms with van der Waals surface area (Å²) in [6.07, 6.45) is 0.788. The van der Waals surface area contributed by atoms with Crippen molar-refractivity contribution in [1.29, 1.82) is 0 Å². The first kappa shape index (κ1) is 16.0. The number of rotatable bonds is 5. The van der Waals surface area contributed by atoms with Crippen LogP contribution < -0.4 is 10.6 Å². The molecule has 0 aliphatic rings. The van der Waals surface area contributed by atoms with Crippen LogP contribution in [0.1, 0.15) is 45.3 Å². The summed E-state index contributed by atoms with van der Waals surface area (Å²) < 4.78 is 0. The highest BCUT2D eigenvalue weighted by Crippen LogP contribution is 2.23. The number of aromatic nitrogens is 1. The Kier molecular flexibility index (Phi) is 5.79. The predicted octanol–water partition coefficient (Wildman–Crippen LogP) is 2.94. The van der Waals surface area contributed by atoms with Crippen LogP contribution in [-0.4, -0.2) is 24.1 Å². The van der Waals surface area contributed by atoms with E-state index in [2.05, 4.69) is 55.6 Å². The van der Waals surface area contributed by atoms with Crippen LogP contribution in [0.5, 0.6) is 0 Å². The van der Waals surface area contributed by atoms with Crippen molar-refractivity contribution in [2.24, 2.45) is 5.92 Å². The van der Waals surface area contributed by atoms with E-state index in [9.17, 15) is 4.79 Å². The fourth-order valence-corrected chi connectivity index (χ4v) is 2.44. The van der Waals surface area contributed by atoms with Gasteiger partial charge in [-0.25, -0.2) is 9.78 Å². The molecule has 2 amide bonds. The number of nitrogens with zero attached hydrogens (tertiary/aromatic N) is 1. The van der Waals surface area contributed by atoms with Gasteiger partial charge in [-0.15, -0.1) is 11.3 Å². The molecule has 0 saturated heterocycles. The van der Waals surface area contributed by atoms with Gasteiger partial charge in [-0.2, -0.15) is 0 Å². The van der Waals surface area contributed by atoms with Gasteiger partial charge in [-0.05, 0) is 5.92 Å². The average molecular weight is 283 g/mol. The zero-order chi connectivity index (χ0) is 14.5. The van der Waals surface area contributed by atoms with Crippen LogP contribution in [0.25, 0.3) is 0 Å². The van der Waals surface area contributed by atoms with Crippen LogP contribution in [0, 0.1) is 5.92 Å². The lowest BCUT2D eigenvalue weighted by molar-refractivity contribution is 0.239. The second-order valence-electron chi connectivity index (χ2n) is 6.16. The largest absolute Gasteiger partial charge is 0.338 e. The molecule has 0 aliphatic heterocycles. The minimum atomic E-state index is -0.0960. The van der Waals surface area contributed by atoms with Gasteiger partial charge in [-0.3, -0.25) is 0 Å². The van der Waals surface area contributed by atoms with Gasteiger partial charge < -0.3 is 10.6 Å². The molecule has 0 radical (unpaired) electrons. The highest BCUT2D eigenvalue weighted by atomic mass is 32.1. The van der Waals surface area contributed by atoms with E-state index in [4.69, 9.17) is 0 Å². The lowest BCUT2D eigenvalue weighted by atomic mass is 9.93. The molecular weight excluding hydrogens is 258 g/mol. The predicted molar refractivity (Wildman–Crippen MR) is 80.8 cm³/mol. The third-order valence-corrected chi connectivity index (χ3v) is 3.52. The van der Waals surface area contributed by atoms with Crippen molar-refractivity contribution in [3.05, 3.63) is 16.1 Å². The normalized spacial score (nSPS) is 11.7. The highest BCUT2D eigenvalue weighted by Gasteiger charge is 2.17. The molecule has 0 aliphatic carbocycles. The summed E-state index contributed by atoms with van der Waals surface area (Å²) in [5.41, 5.74) is 1.22. The fraction of sp³-hybridized carbons (Fsp3) is 0.714. The Bertz CT molecular complexity index is 407. The number of nitrogens with one attached hydrogen (secondary N) is 2. The Morgan fingerprint density at radius 1 is 1.37 bits per heavy atom. The molecule has 0 atom stereocenters. The smallest absolute Gasteiger partial charge is 0.314 e. The number of hydrogen-bond acceptors (Lipinski definition) is 3. The molecule has 0 bridgehead atoms. The Morgan fingerprint density at radius 2 is 2.05 bits per heavy atom. The van der Waals surface area contributed by atoms with E-state index in [-0.39, 0.29) is 11.4 Å². The second kappa shape index (κ2) is 6.89. The molecule has 0 saturated carbocycles. The Morgan fingerprint density at radius 3 is 2.58 bits per heavy atom. The summed E-state index contributed by atoms with van der Waals surface area (Å²) in [6, 6.07) is -0.0960. The first-order chi connectivity index (χ1) is 8.79. The molecule has 0 fully saturated rings. The zero-order valence-electron chi connectivity index (χ0n) is 12.5. The average Bonchev–Trinajstić information content (AvgIpc) is 2.74. The first-order valence-electron chi connectivity index (χ1n) is 6.75. The second-order valence-corrected chi connectivity index (χ2v) is 7.10. The van der Waals surface area contributed by atoms with Gasteiger partial charge in [0, 0.05) is 30.3 Å². The molecule has 0 spiro atoms. The quantitative estimate of drug-likeness (QED) is 0.873. The highest BCUT2D eigenvalue weighted by molar-refractivity contribution is 7.09. The molecule has 0 unspecified atom stereocenters. The maximum absolute atomic E-state index is 11.5. The molecule has 19 heavy (non-hydrogen) atoms. The van der Waals surface area contributed by atoms with Crippen LogP contribution in [0.3, 0.4) is 0 Å². The maximum Gasteiger partial charge on any atom is 0.314 e. The van der Waals surface area contributed by atoms with Crippen LogP contribution in [0.15, 0.2) is 5.38 Å². The van der Waals surface area contributed by atoms with Crippen LogP contribution in [0.2, 0.25) is 0 Å². The van der Waals surface area contributed by atoms with E-state index in [1.165, 1.54) is 0 Å². The van der Waals surface area contributed by atoms with E-state index in [0.717, 1.165) is 17.1 Å². The zero-order valence-corrected chi connectivity index (χ0v) is 13.4. The number of carbonyl (C=O) groups is 1. The summed E-state index contributed by atoms with van der Waals surface area (Å²) in [7, 11) is 0. The molecule has 4 nitrogen and oxygen atoms in total. The minimum Gasteiger partial charge on any atom is -0.338 e. The van der Waals surface area contributed by atoms with Crippen LogP contribution in [-0.2, 0) is 11.8 Å². The number of carbonyl (C=O) groups excluding carboxylic acids is 1. The fourth-order valence-electron chi connectivity index (χ4n) is 1.41. The number of amides is 2. The third kappa shape index (κ3) is 6.05. The van der Waals surface area contributed by atoms with Gasteiger partial charge in [0.15, 0.2) is 0 Å². The van der Waals surface area contributed by atoms with E-state index in [1.54, 1.807) is 11.3 Å². The maximum atomic E-state index is 11.5. The van der Waals surface area contributed by atoms with Gasteiger partial charge in [0.05, 0.1) is 10.7 Å². The van der Waals surface area contributed by atoms with Crippen molar-refractivity contribution in [3.8, 4) is 0 Å². The van der Waals surface area contributed by atoms with Crippen molar-refractivity contribution in [2.45, 2.75) is 46.5 Å².